The molecule has 0 saturated heterocycles. The first-order valence-corrected chi connectivity index (χ1v) is 6.76. The maximum Gasteiger partial charge on any atom is 0.154 e. The van der Waals surface area contributed by atoms with E-state index in [1.807, 2.05) is 48.5 Å². The average Bonchev–Trinajstić information content (AvgIpc) is 2.55. The molecule has 0 aliphatic heterocycles. The number of methoxy groups -OCH3 is 1. The first kappa shape index (κ1) is 13.3. The van der Waals surface area contributed by atoms with Crippen LogP contribution in [0, 0.1) is 15.8 Å². The van der Waals surface area contributed by atoms with E-state index in [-0.39, 0.29) is 0 Å². The molecule has 2 aromatic carbocycles. The van der Waals surface area contributed by atoms with E-state index in [2.05, 4.69) is 6.07 Å². The first-order valence-electron chi connectivity index (χ1n) is 6.35. The van der Waals surface area contributed by atoms with Crippen LogP contribution in [0.3, 0.4) is 0 Å². The van der Waals surface area contributed by atoms with Crippen molar-refractivity contribution in [2.45, 2.75) is 0 Å². The molecule has 0 atom stereocenters. The van der Waals surface area contributed by atoms with Crippen LogP contribution in [-0.2, 0) is 0 Å². The Morgan fingerprint density at radius 3 is 2.71 bits per heavy atom. The molecule has 0 radical (unpaired) electrons. The molecule has 1 aromatic heterocycles. The summed E-state index contributed by atoms with van der Waals surface area (Å²) in [6, 6.07) is 17.0. The van der Waals surface area contributed by atoms with Gasteiger partial charge in [-0.15, -0.1) is 0 Å². The fourth-order valence-electron chi connectivity index (χ4n) is 2.21. The van der Waals surface area contributed by atoms with Gasteiger partial charge in [-0.25, -0.2) is 0 Å². The second-order valence-electron chi connectivity index (χ2n) is 4.48. The van der Waals surface area contributed by atoms with Crippen LogP contribution in [-0.4, -0.2) is 7.11 Å². The molecule has 3 aromatic rings. The summed E-state index contributed by atoms with van der Waals surface area (Å²) in [6.07, 6.45) is 0. The molecule has 3 nitrogen and oxygen atoms in total. The fraction of sp³-hybridized carbons (Fsp3) is 0.0588. The molecule has 0 aliphatic carbocycles. The van der Waals surface area contributed by atoms with Gasteiger partial charge in [0.15, 0.2) is 5.76 Å². The highest BCUT2D eigenvalue weighted by molar-refractivity contribution is 7.71. The first-order chi connectivity index (χ1) is 10.2. The van der Waals surface area contributed by atoms with Gasteiger partial charge < -0.3 is 9.15 Å². The summed E-state index contributed by atoms with van der Waals surface area (Å²) in [4.78, 5) is 0. The predicted octanol–water partition coefficient (Wildman–Crippen LogP) is 4.71. The van der Waals surface area contributed by atoms with E-state index in [0.29, 0.717) is 27.2 Å². The Morgan fingerprint density at radius 2 is 1.95 bits per heavy atom. The highest BCUT2D eigenvalue weighted by Crippen LogP contribution is 2.31. The summed E-state index contributed by atoms with van der Waals surface area (Å²) in [5.74, 6) is 1.17. The molecule has 0 fully saturated rings. The standard InChI is InChI=1S/C17H11NO2S/c1-19-12-6-4-5-11(9-12)16-14(10-18)17(21)13-7-2-3-8-15(13)20-16/h2-9H,1H3. The van der Waals surface area contributed by atoms with Crippen molar-refractivity contribution in [1.82, 2.24) is 0 Å². The van der Waals surface area contributed by atoms with E-state index in [1.165, 1.54) is 0 Å². The van der Waals surface area contributed by atoms with Crippen LogP contribution >= 0.6 is 12.2 Å². The number of nitriles is 1. The van der Waals surface area contributed by atoms with Gasteiger partial charge in [0.2, 0.25) is 0 Å². The average molecular weight is 293 g/mol. The lowest BCUT2D eigenvalue weighted by molar-refractivity contribution is 0.415. The predicted molar refractivity (Wildman–Crippen MR) is 83.8 cm³/mol. The number of hydrogen-bond acceptors (Lipinski definition) is 4. The van der Waals surface area contributed by atoms with Crippen molar-refractivity contribution in [3.8, 4) is 23.1 Å². The van der Waals surface area contributed by atoms with Crippen LogP contribution < -0.4 is 4.74 Å². The lowest BCUT2D eigenvalue weighted by Crippen LogP contribution is -1.89. The van der Waals surface area contributed by atoms with Crippen molar-refractivity contribution < 1.29 is 9.15 Å². The third-order valence-corrected chi connectivity index (χ3v) is 3.67. The molecule has 0 bridgehead atoms. The summed E-state index contributed by atoms with van der Waals surface area (Å²) in [7, 11) is 1.60. The van der Waals surface area contributed by atoms with Crippen LogP contribution in [0.15, 0.2) is 52.9 Å². The second-order valence-corrected chi connectivity index (χ2v) is 4.88. The molecule has 0 saturated carbocycles. The molecule has 0 unspecified atom stereocenters. The maximum atomic E-state index is 9.44. The summed E-state index contributed by atoms with van der Waals surface area (Å²) in [6.45, 7) is 0. The molecular formula is C17H11NO2S. The zero-order valence-electron chi connectivity index (χ0n) is 11.3. The highest BCUT2D eigenvalue weighted by Gasteiger charge is 2.13. The number of nitrogens with zero attached hydrogens (tertiary/aromatic N) is 1. The minimum absolute atomic E-state index is 0.372. The van der Waals surface area contributed by atoms with Crippen molar-refractivity contribution in [3.05, 3.63) is 58.6 Å². The van der Waals surface area contributed by atoms with Gasteiger partial charge in [0.05, 0.1) is 11.6 Å². The zero-order valence-corrected chi connectivity index (χ0v) is 12.1. The van der Waals surface area contributed by atoms with Gasteiger partial charge in [-0.05, 0) is 24.3 Å². The molecule has 102 valence electrons. The molecule has 3 rings (SSSR count). The van der Waals surface area contributed by atoms with E-state index in [0.717, 1.165) is 10.9 Å². The molecule has 1 heterocycles. The van der Waals surface area contributed by atoms with Crippen molar-refractivity contribution in [1.29, 1.82) is 5.26 Å². The Kier molecular flexibility index (Phi) is 3.43. The van der Waals surface area contributed by atoms with Crippen molar-refractivity contribution in [2.24, 2.45) is 0 Å². The Labute approximate surface area is 127 Å². The Hall–Kier alpha value is -2.64. The lowest BCUT2D eigenvalue weighted by Gasteiger charge is -2.08. The molecule has 4 heteroatoms. The fourth-order valence-corrected chi connectivity index (χ4v) is 2.52. The molecule has 0 amide bonds. The van der Waals surface area contributed by atoms with Crippen LogP contribution in [0.1, 0.15) is 5.56 Å². The quantitative estimate of drug-likeness (QED) is 0.642. The number of para-hydroxylation sites is 1. The SMILES string of the molecule is COc1cccc(-c2oc3ccccc3c(=S)c2C#N)c1. The van der Waals surface area contributed by atoms with Crippen LogP contribution in [0.5, 0.6) is 5.75 Å². The van der Waals surface area contributed by atoms with Gasteiger partial charge in [-0.1, -0.05) is 36.5 Å². The number of benzene rings is 2. The van der Waals surface area contributed by atoms with E-state index in [4.69, 9.17) is 21.4 Å². The molecule has 0 N–H and O–H groups in total. The van der Waals surface area contributed by atoms with Gasteiger partial charge in [-0.2, -0.15) is 5.26 Å². The summed E-state index contributed by atoms with van der Waals surface area (Å²) in [5, 5.41) is 10.2. The van der Waals surface area contributed by atoms with Gasteiger partial charge in [0.1, 0.15) is 23.0 Å². The molecular weight excluding hydrogens is 282 g/mol. The number of fused-ring (bicyclic) bond motifs is 1. The minimum atomic E-state index is 0.372. The highest BCUT2D eigenvalue weighted by atomic mass is 32.1. The van der Waals surface area contributed by atoms with Crippen molar-refractivity contribution >= 4 is 23.2 Å². The lowest BCUT2D eigenvalue weighted by atomic mass is 10.1. The van der Waals surface area contributed by atoms with Gasteiger partial charge >= 0.3 is 0 Å². The van der Waals surface area contributed by atoms with E-state index < -0.39 is 0 Å². The third kappa shape index (κ3) is 2.28. The van der Waals surface area contributed by atoms with Gasteiger partial charge in [-0.3, -0.25) is 0 Å². The van der Waals surface area contributed by atoms with Crippen molar-refractivity contribution in [3.63, 3.8) is 0 Å². The minimum Gasteiger partial charge on any atom is -0.497 e. The van der Waals surface area contributed by atoms with E-state index in [9.17, 15) is 5.26 Å². The third-order valence-electron chi connectivity index (χ3n) is 3.24. The monoisotopic (exact) mass is 293 g/mol. The van der Waals surface area contributed by atoms with Crippen LogP contribution in [0.2, 0.25) is 0 Å². The zero-order chi connectivity index (χ0) is 14.8. The van der Waals surface area contributed by atoms with Gasteiger partial charge in [0, 0.05) is 10.9 Å². The number of hydrogen-bond donors (Lipinski definition) is 0. The maximum absolute atomic E-state index is 9.44. The summed E-state index contributed by atoms with van der Waals surface area (Å²) >= 11 is 5.43. The van der Waals surface area contributed by atoms with E-state index in [1.54, 1.807) is 7.11 Å². The summed E-state index contributed by atoms with van der Waals surface area (Å²) in [5.41, 5.74) is 1.80. The molecule has 0 aliphatic rings. The van der Waals surface area contributed by atoms with Crippen molar-refractivity contribution in [2.75, 3.05) is 7.11 Å². The normalized spacial score (nSPS) is 10.3. The van der Waals surface area contributed by atoms with E-state index >= 15 is 0 Å². The van der Waals surface area contributed by atoms with Crippen LogP contribution in [0.25, 0.3) is 22.3 Å². The molecule has 0 spiro atoms. The smallest absolute Gasteiger partial charge is 0.154 e. The Morgan fingerprint density at radius 1 is 1.14 bits per heavy atom. The summed E-state index contributed by atoms with van der Waals surface area (Å²) < 4.78 is 11.6. The largest absolute Gasteiger partial charge is 0.497 e. The second kappa shape index (κ2) is 5.39. The number of ether oxygens (including phenoxy) is 1. The number of rotatable bonds is 2. The van der Waals surface area contributed by atoms with Gasteiger partial charge in [0.25, 0.3) is 0 Å². The Bertz CT molecular complexity index is 922. The van der Waals surface area contributed by atoms with Crippen LogP contribution in [0.4, 0.5) is 0 Å². The topological polar surface area (TPSA) is 46.2 Å². The Balaban J connectivity index is 2.36. The molecule has 21 heavy (non-hydrogen) atoms.